The van der Waals surface area contributed by atoms with Crippen LogP contribution in [0.1, 0.15) is 18.2 Å². The Bertz CT molecular complexity index is 658. The number of nitrogens with zero attached hydrogens (tertiary/aromatic N) is 2. The molecular formula is C15H21N3O2S. The molecule has 0 amide bonds. The number of nitrogens with one attached hydrogen (secondary N) is 1. The third-order valence-electron chi connectivity index (χ3n) is 3.24. The van der Waals surface area contributed by atoms with Crippen molar-refractivity contribution in [1.29, 1.82) is 0 Å². The standard InChI is InChI=1S/C15H21N3O2S/c1-2-9-17-10-6-14(19)18(15(17)20)11-8-16-7-5-13-4-3-12-21-13/h3-4,6,10,12,16H,2,5,7-9,11H2,1H3. The van der Waals surface area contributed by atoms with Crippen LogP contribution in [0.3, 0.4) is 0 Å². The summed E-state index contributed by atoms with van der Waals surface area (Å²) >= 11 is 1.74. The average Bonchev–Trinajstić information content (AvgIpc) is 2.98. The van der Waals surface area contributed by atoms with Gasteiger partial charge in [-0.3, -0.25) is 9.36 Å². The quantitative estimate of drug-likeness (QED) is 0.748. The summed E-state index contributed by atoms with van der Waals surface area (Å²) in [5.74, 6) is 0. The molecule has 1 N–H and O–H groups in total. The molecule has 0 bridgehead atoms. The van der Waals surface area contributed by atoms with Gasteiger partial charge in [-0.15, -0.1) is 11.3 Å². The number of hydrogen-bond acceptors (Lipinski definition) is 4. The molecule has 0 atom stereocenters. The van der Waals surface area contributed by atoms with E-state index in [-0.39, 0.29) is 11.2 Å². The molecule has 2 rings (SSSR count). The lowest BCUT2D eigenvalue weighted by Crippen LogP contribution is -2.41. The van der Waals surface area contributed by atoms with Gasteiger partial charge in [-0.25, -0.2) is 4.79 Å². The summed E-state index contributed by atoms with van der Waals surface area (Å²) in [6.07, 6.45) is 3.42. The fraction of sp³-hybridized carbons (Fsp3) is 0.467. The van der Waals surface area contributed by atoms with Crippen molar-refractivity contribution >= 4 is 11.3 Å². The van der Waals surface area contributed by atoms with Gasteiger partial charge in [-0.1, -0.05) is 13.0 Å². The normalized spacial score (nSPS) is 10.9. The van der Waals surface area contributed by atoms with Crippen LogP contribution in [0.4, 0.5) is 0 Å². The molecule has 6 heteroatoms. The Labute approximate surface area is 127 Å². The highest BCUT2D eigenvalue weighted by Crippen LogP contribution is 2.07. The van der Waals surface area contributed by atoms with Crippen LogP contribution in [-0.4, -0.2) is 22.2 Å². The highest BCUT2D eigenvalue weighted by Gasteiger charge is 2.04. The average molecular weight is 307 g/mol. The molecule has 0 aliphatic carbocycles. The Kier molecular flexibility index (Phi) is 5.95. The van der Waals surface area contributed by atoms with E-state index in [0.717, 1.165) is 19.4 Å². The zero-order chi connectivity index (χ0) is 15.1. The summed E-state index contributed by atoms with van der Waals surface area (Å²) in [6.45, 7) is 4.54. The summed E-state index contributed by atoms with van der Waals surface area (Å²) in [5.41, 5.74) is -0.447. The number of aromatic nitrogens is 2. The summed E-state index contributed by atoms with van der Waals surface area (Å²) in [5, 5.41) is 5.34. The molecular weight excluding hydrogens is 286 g/mol. The molecule has 0 aliphatic heterocycles. The third kappa shape index (κ3) is 4.41. The van der Waals surface area contributed by atoms with Crippen molar-refractivity contribution < 1.29 is 0 Å². The van der Waals surface area contributed by atoms with E-state index in [0.29, 0.717) is 19.6 Å². The first-order valence-electron chi connectivity index (χ1n) is 7.25. The van der Waals surface area contributed by atoms with Crippen LogP contribution in [-0.2, 0) is 19.5 Å². The lowest BCUT2D eigenvalue weighted by atomic mass is 10.3. The second kappa shape index (κ2) is 7.95. The van der Waals surface area contributed by atoms with Crippen molar-refractivity contribution in [2.24, 2.45) is 0 Å². The summed E-state index contributed by atoms with van der Waals surface area (Å²) < 4.78 is 2.89. The maximum absolute atomic E-state index is 12.1. The van der Waals surface area contributed by atoms with Crippen LogP contribution in [0.2, 0.25) is 0 Å². The Hall–Kier alpha value is -1.66. The van der Waals surface area contributed by atoms with E-state index in [2.05, 4.69) is 16.8 Å². The van der Waals surface area contributed by atoms with Crippen LogP contribution in [0.15, 0.2) is 39.4 Å². The molecule has 21 heavy (non-hydrogen) atoms. The highest BCUT2D eigenvalue weighted by atomic mass is 32.1. The Morgan fingerprint density at radius 1 is 1.19 bits per heavy atom. The molecule has 114 valence electrons. The van der Waals surface area contributed by atoms with Gasteiger partial charge >= 0.3 is 5.69 Å². The number of thiophene rings is 1. The first kappa shape index (κ1) is 15.7. The van der Waals surface area contributed by atoms with Gasteiger partial charge in [0.05, 0.1) is 0 Å². The van der Waals surface area contributed by atoms with E-state index in [1.807, 2.05) is 13.0 Å². The fourth-order valence-electron chi connectivity index (χ4n) is 2.16. The van der Waals surface area contributed by atoms with Crippen LogP contribution >= 0.6 is 11.3 Å². The predicted octanol–water partition coefficient (Wildman–Crippen LogP) is 1.31. The Morgan fingerprint density at radius 3 is 2.76 bits per heavy atom. The monoisotopic (exact) mass is 307 g/mol. The zero-order valence-corrected chi connectivity index (χ0v) is 13.1. The van der Waals surface area contributed by atoms with Gasteiger partial charge < -0.3 is 9.88 Å². The van der Waals surface area contributed by atoms with E-state index < -0.39 is 0 Å². The first-order chi connectivity index (χ1) is 10.2. The number of rotatable bonds is 8. The van der Waals surface area contributed by atoms with Gasteiger partial charge in [0.2, 0.25) is 0 Å². The summed E-state index contributed by atoms with van der Waals surface area (Å²) in [6, 6.07) is 5.61. The van der Waals surface area contributed by atoms with Crippen molar-refractivity contribution in [3.63, 3.8) is 0 Å². The minimum Gasteiger partial charge on any atom is -0.315 e. The predicted molar refractivity (Wildman–Crippen MR) is 86.1 cm³/mol. The Morgan fingerprint density at radius 2 is 2.05 bits per heavy atom. The second-order valence-corrected chi connectivity index (χ2v) is 5.89. The van der Waals surface area contributed by atoms with Crippen molar-refractivity contribution in [3.05, 3.63) is 55.5 Å². The number of hydrogen-bond donors (Lipinski definition) is 1. The third-order valence-corrected chi connectivity index (χ3v) is 4.18. The molecule has 2 aromatic heterocycles. The molecule has 0 aromatic carbocycles. The fourth-order valence-corrected chi connectivity index (χ4v) is 2.86. The van der Waals surface area contributed by atoms with E-state index in [4.69, 9.17) is 0 Å². The zero-order valence-electron chi connectivity index (χ0n) is 12.2. The van der Waals surface area contributed by atoms with Crippen LogP contribution in [0.25, 0.3) is 0 Å². The molecule has 2 heterocycles. The molecule has 0 radical (unpaired) electrons. The second-order valence-electron chi connectivity index (χ2n) is 4.86. The molecule has 0 fully saturated rings. The molecule has 2 aromatic rings. The van der Waals surface area contributed by atoms with Crippen LogP contribution in [0, 0.1) is 0 Å². The van der Waals surface area contributed by atoms with Gasteiger partial charge in [0.1, 0.15) is 0 Å². The van der Waals surface area contributed by atoms with Crippen LogP contribution in [0.5, 0.6) is 0 Å². The first-order valence-corrected chi connectivity index (χ1v) is 8.13. The number of aryl methyl sites for hydroxylation is 1. The molecule has 0 spiro atoms. The summed E-state index contributed by atoms with van der Waals surface area (Å²) in [7, 11) is 0. The van der Waals surface area contributed by atoms with Crippen molar-refractivity contribution in [1.82, 2.24) is 14.5 Å². The Balaban J connectivity index is 1.86. The van der Waals surface area contributed by atoms with Gasteiger partial charge in [0.25, 0.3) is 5.56 Å². The van der Waals surface area contributed by atoms with E-state index >= 15 is 0 Å². The lowest BCUT2D eigenvalue weighted by Gasteiger charge is -2.09. The van der Waals surface area contributed by atoms with Crippen molar-refractivity contribution in [2.45, 2.75) is 32.9 Å². The molecule has 0 aliphatic rings. The summed E-state index contributed by atoms with van der Waals surface area (Å²) in [4.78, 5) is 25.2. The molecule has 0 saturated carbocycles. The van der Waals surface area contributed by atoms with Crippen LogP contribution < -0.4 is 16.6 Å². The SMILES string of the molecule is CCCn1ccc(=O)n(CCNCCc2cccs2)c1=O. The van der Waals surface area contributed by atoms with Crippen molar-refractivity contribution in [2.75, 3.05) is 13.1 Å². The maximum Gasteiger partial charge on any atom is 0.331 e. The van der Waals surface area contributed by atoms with Gasteiger partial charge in [-0.2, -0.15) is 0 Å². The van der Waals surface area contributed by atoms with Crippen molar-refractivity contribution in [3.8, 4) is 0 Å². The largest absolute Gasteiger partial charge is 0.331 e. The van der Waals surface area contributed by atoms with E-state index in [1.165, 1.54) is 15.5 Å². The van der Waals surface area contributed by atoms with Gasteiger partial charge in [0.15, 0.2) is 0 Å². The minimum absolute atomic E-state index is 0.218. The molecule has 0 unspecified atom stereocenters. The van der Waals surface area contributed by atoms with Gasteiger partial charge in [0, 0.05) is 43.3 Å². The van der Waals surface area contributed by atoms with E-state index in [9.17, 15) is 9.59 Å². The van der Waals surface area contributed by atoms with E-state index in [1.54, 1.807) is 22.1 Å². The smallest absolute Gasteiger partial charge is 0.315 e. The topological polar surface area (TPSA) is 56.0 Å². The lowest BCUT2D eigenvalue weighted by molar-refractivity contribution is 0.522. The molecule has 5 nitrogen and oxygen atoms in total. The van der Waals surface area contributed by atoms with Gasteiger partial charge in [-0.05, 0) is 24.3 Å². The molecule has 0 saturated heterocycles. The maximum atomic E-state index is 12.1. The minimum atomic E-state index is -0.229. The highest BCUT2D eigenvalue weighted by molar-refractivity contribution is 7.09.